The van der Waals surface area contributed by atoms with Gasteiger partial charge in [-0.2, -0.15) is 0 Å². The second-order valence-electron chi connectivity index (χ2n) is 6.07. The van der Waals surface area contributed by atoms with Crippen molar-refractivity contribution in [2.45, 2.75) is 25.7 Å². The number of hydrogen-bond acceptors (Lipinski definition) is 2. The summed E-state index contributed by atoms with van der Waals surface area (Å²) in [7, 11) is 4.09. The average molecular weight is 255 g/mol. The van der Waals surface area contributed by atoms with Crippen LogP contribution in [-0.4, -0.2) is 31.3 Å². The van der Waals surface area contributed by atoms with Gasteiger partial charge in [0.05, 0.1) is 0 Å². The van der Waals surface area contributed by atoms with Crippen molar-refractivity contribution in [2.75, 3.05) is 20.6 Å². The lowest BCUT2D eigenvalue weighted by atomic mass is 9.81. The predicted octanol–water partition coefficient (Wildman–Crippen LogP) is 3.10. The maximum Gasteiger partial charge on any atom is 0.167 e. The summed E-state index contributed by atoms with van der Waals surface area (Å²) in [5, 5.41) is 0. The highest BCUT2D eigenvalue weighted by Crippen LogP contribution is 2.47. The molecule has 0 saturated heterocycles. The lowest BCUT2D eigenvalue weighted by Gasteiger charge is -2.26. The van der Waals surface area contributed by atoms with E-state index in [0.29, 0.717) is 11.7 Å². The zero-order chi connectivity index (χ0) is 13.6. The van der Waals surface area contributed by atoms with E-state index in [1.165, 1.54) is 16.7 Å². The maximum absolute atomic E-state index is 12.8. The molecular formula is C17H21NO. The third kappa shape index (κ3) is 1.95. The van der Waals surface area contributed by atoms with E-state index in [2.05, 4.69) is 30.0 Å². The van der Waals surface area contributed by atoms with Crippen LogP contribution in [0.15, 0.2) is 29.8 Å². The third-order valence-corrected chi connectivity index (χ3v) is 4.51. The normalized spacial score (nSPS) is 25.8. The Morgan fingerprint density at radius 1 is 1.26 bits per heavy atom. The maximum atomic E-state index is 12.8. The van der Waals surface area contributed by atoms with Crippen LogP contribution in [0.5, 0.6) is 0 Å². The molecule has 0 amide bonds. The fourth-order valence-corrected chi connectivity index (χ4v) is 3.59. The first kappa shape index (κ1) is 12.6. The summed E-state index contributed by atoms with van der Waals surface area (Å²) in [5.41, 5.74) is 4.95. The molecule has 0 aromatic heterocycles. The minimum atomic E-state index is 0.173. The largest absolute Gasteiger partial charge is 0.309 e. The lowest BCUT2D eigenvalue weighted by Crippen LogP contribution is -2.30. The van der Waals surface area contributed by atoms with Gasteiger partial charge in [0.25, 0.3) is 0 Å². The summed E-state index contributed by atoms with van der Waals surface area (Å²) in [5.74, 6) is 0.967. The lowest BCUT2D eigenvalue weighted by molar-refractivity contribution is -0.118. The molecule has 1 aromatic carbocycles. The summed E-state index contributed by atoms with van der Waals surface area (Å²) >= 11 is 0. The van der Waals surface area contributed by atoms with Gasteiger partial charge in [0.15, 0.2) is 5.78 Å². The second kappa shape index (κ2) is 4.61. The van der Waals surface area contributed by atoms with Crippen LogP contribution in [0.4, 0.5) is 0 Å². The Labute approximate surface area is 115 Å². The molecule has 2 heteroatoms. The Hall–Kier alpha value is -1.41. The van der Waals surface area contributed by atoms with Crippen LogP contribution in [0.25, 0.3) is 5.57 Å². The number of ketones is 1. The van der Waals surface area contributed by atoms with E-state index in [-0.39, 0.29) is 5.92 Å². The van der Waals surface area contributed by atoms with E-state index in [1.807, 2.05) is 20.2 Å². The number of allylic oxidation sites excluding steroid dienone is 2. The van der Waals surface area contributed by atoms with Gasteiger partial charge in [0.1, 0.15) is 0 Å². The molecular weight excluding hydrogens is 234 g/mol. The molecule has 1 aromatic rings. The highest BCUT2D eigenvalue weighted by atomic mass is 16.1. The number of Topliss-reactive ketones (excluding diaryl/α,β-unsaturated/α-hetero) is 1. The average Bonchev–Trinajstić information content (AvgIpc) is 2.67. The minimum absolute atomic E-state index is 0.173. The minimum Gasteiger partial charge on any atom is -0.309 e. The fourth-order valence-electron chi connectivity index (χ4n) is 3.59. The Bertz CT molecular complexity index is 556. The van der Waals surface area contributed by atoms with Gasteiger partial charge >= 0.3 is 0 Å². The smallest absolute Gasteiger partial charge is 0.167 e. The van der Waals surface area contributed by atoms with Crippen molar-refractivity contribution in [3.05, 3.63) is 41.0 Å². The molecule has 0 N–H and O–H groups in total. The van der Waals surface area contributed by atoms with Gasteiger partial charge in [0, 0.05) is 24.0 Å². The van der Waals surface area contributed by atoms with Crippen molar-refractivity contribution in [3.8, 4) is 0 Å². The first-order chi connectivity index (χ1) is 9.09. The topological polar surface area (TPSA) is 20.3 Å². The van der Waals surface area contributed by atoms with Gasteiger partial charge in [-0.05, 0) is 38.1 Å². The molecule has 2 aliphatic rings. The van der Waals surface area contributed by atoms with Crippen LogP contribution in [0.2, 0.25) is 0 Å². The van der Waals surface area contributed by atoms with Crippen LogP contribution in [0.3, 0.4) is 0 Å². The van der Waals surface area contributed by atoms with Crippen molar-refractivity contribution in [1.29, 1.82) is 0 Å². The van der Waals surface area contributed by atoms with Crippen molar-refractivity contribution >= 4 is 11.4 Å². The first-order valence-electron chi connectivity index (χ1n) is 7.11. The van der Waals surface area contributed by atoms with Gasteiger partial charge in [-0.1, -0.05) is 36.8 Å². The van der Waals surface area contributed by atoms with Crippen LogP contribution >= 0.6 is 0 Å². The Morgan fingerprint density at radius 3 is 2.74 bits per heavy atom. The Balaban J connectivity index is 2.00. The molecule has 0 bridgehead atoms. The van der Waals surface area contributed by atoms with Crippen molar-refractivity contribution < 1.29 is 4.79 Å². The van der Waals surface area contributed by atoms with Crippen LogP contribution in [-0.2, 0) is 4.79 Å². The summed E-state index contributed by atoms with van der Waals surface area (Å²) in [6.07, 6.45) is 2.09. The van der Waals surface area contributed by atoms with Gasteiger partial charge in [-0.3, -0.25) is 4.79 Å². The molecule has 0 radical (unpaired) electrons. The van der Waals surface area contributed by atoms with Crippen molar-refractivity contribution in [3.63, 3.8) is 0 Å². The van der Waals surface area contributed by atoms with Gasteiger partial charge in [-0.25, -0.2) is 0 Å². The zero-order valence-electron chi connectivity index (χ0n) is 11.9. The van der Waals surface area contributed by atoms with E-state index in [1.54, 1.807) is 0 Å². The summed E-state index contributed by atoms with van der Waals surface area (Å²) in [6.45, 7) is 3.10. The summed E-state index contributed by atoms with van der Waals surface area (Å²) in [6, 6.07) is 8.41. The SMILES string of the molecule is CC1C2=C(C(=O)C(CN(C)C)CC2)c2ccccc21. The van der Waals surface area contributed by atoms with E-state index in [4.69, 9.17) is 0 Å². The van der Waals surface area contributed by atoms with Crippen LogP contribution in [0, 0.1) is 5.92 Å². The second-order valence-corrected chi connectivity index (χ2v) is 6.07. The quantitative estimate of drug-likeness (QED) is 0.809. The number of carbonyl (C=O) groups excluding carboxylic acids is 1. The molecule has 100 valence electrons. The Kier molecular flexibility index (Phi) is 3.06. The highest BCUT2D eigenvalue weighted by Gasteiger charge is 2.38. The van der Waals surface area contributed by atoms with Crippen LogP contribution < -0.4 is 0 Å². The highest BCUT2D eigenvalue weighted by molar-refractivity contribution is 6.25. The molecule has 2 unspecified atom stereocenters. The van der Waals surface area contributed by atoms with Gasteiger partial charge in [-0.15, -0.1) is 0 Å². The van der Waals surface area contributed by atoms with E-state index in [0.717, 1.165) is 25.0 Å². The number of carbonyl (C=O) groups is 1. The number of fused-ring (bicyclic) bond motifs is 2. The molecule has 0 saturated carbocycles. The molecule has 2 aliphatic carbocycles. The third-order valence-electron chi connectivity index (χ3n) is 4.51. The van der Waals surface area contributed by atoms with Gasteiger partial charge < -0.3 is 4.90 Å². The molecule has 0 fully saturated rings. The molecule has 3 rings (SSSR count). The number of nitrogens with zero attached hydrogens (tertiary/aromatic N) is 1. The fraction of sp³-hybridized carbons (Fsp3) is 0.471. The zero-order valence-corrected chi connectivity index (χ0v) is 11.9. The monoisotopic (exact) mass is 255 g/mol. The summed E-state index contributed by atoms with van der Waals surface area (Å²) < 4.78 is 0. The van der Waals surface area contributed by atoms with Gasteiger partial charge in [0.2, 0.25) is 0 Å². The molecule has 0 aliphatic heterocycles. The molecule has 0 heterocycles. The Morgan fingerprint density at radius 2 is 2.00 bits per heavy atom. The van der Waals surface area contributed by atoms with E-state index in [9.17, 15) is 4.79 Å². The molecule has 19 heavy (non-hydrogen) atoms. The first-order valence-corrected chi connectivity index (χ1v) is 7.11. The van der Waals surface area contributed by atoms with Crippen molar-refractivity contribution in [2.24, 2.45) is 5.92 Å². The molecule has 0 spiro atoms. The summed E-state index contributed by atoms with van der Waals surface area (Å²) in [4.78, 5) is 14.9. The van der Waals surface area contributed by atoms with Crippen molar-refractivity contribution in [1.82, 2.24) is 4.90 Å². The number of rotatable bonds is 2. The van der Waals surface area contributed by atoms with E-state index >= 15 is 0 Å². The molecule has 2 atom stereocenters. The van der Waals surface area contributed by atoms with Crippen LogP contribution in [0.1, 0.15) is 36.8 Å². The number of hydrogen-bond donors (Lipinski definition) is 0. The van der Waals surface area contributed by atoms with E-state index < -0.39 is 0 Å². The predicted molar refractivity (Wildman–Crippen MR) is 78.1 cm³/mol. The molecule has 2 nitrogen and oxygen atoms in total. The standard InChI is InChI=1S/C17H21NO/c1-11-13-6-4-5-7-15(13)16-14(11)9-8-12(17(16)19)10-18(2)3/h4-7,11-12H,8-10H2,1-3H3. The number of benzene rings is 1.